The van der Waals surface area contributed by atoms with Crippen LogP contribution in [0.25, 0.3) is 10.8 Å². The number of fused-ring (bicyclic) bond motifs is 1. The average molecular weight is 411 g/mol. The summed E-state index contributed by atoms with van der Waals surface area (Å²) in [6.45, 7) is 0. The second-order valence-corrected chi connectivity index (χ2v) is 6.35. The van der Waals surface area contributed by atoms with Crippen LogP contribution in [0.3, 0.4) is 0 Å². The van der Waals surface area contributed by atoms with Crippen LogP contribution in [0.2, 0.25) is 0 Å². The molecule has 5 aromatic rings. The van der Waals surface area contributed by atoms with Gasteiger partial charge in [0, 0.05) is 0 Å². The lowest BCUT2D eigenvalue weighted by Gasteiger charge is -1.92. The molecule has 5 aromatic carbocycles. The summed E-state index contributed by atoms with van der Waals surface area (Å²) in [5, 5.41) is 28.5. The average Bonchev–Trinajstić information content (AvgIpc) is 2.82. The molecule has 0 amide bonds. The van der Waals surface area contributed by atoms with Crippen molar-refractivity contribution >= 4 is 10.8 Å². The number of para-hydroxylation sites is 3. The Morgan fingerprint density at radius 1 is 0.258 bits per heavy atom. The van der Waals surface area contributed by atoms with Gasteiger partial charge in [0.1, 0.15) is 17.2 Å². The van der Waals surface area contributed by atoms with E-state index in [0.29, 0.717) is 17.2 Å². The van der Waals surface area contributed by atoms with Crippen molar-refractivity contribution in [3.8, 4) is 17.2 Å². The highest BCUT2D eigenvalue weighted by molar-refractivity contribution is 5.82. The molecule has 0 bridgehead atoms. The molecule has 156 valence electrons. The molecule has 31 heavy (non-hydrogen) atoms. The number of aromatic hydroxyl groups is 3. The first kappa shape index (κ1) is 23.0. The van der Waals surface area contributed by atoms with E-state index in [1.807, 2.05) is 18.2 Å². The third-order valence-corrected chi connectivity index (χ3v) is 3.93. The molecule has 3 nitrogen and oxygen atoms in total. The Balaban J connectivity index is 0.000000149. The quantitative estimate of drug-likeness (QED) is 0.257. The molecule has 0 aliphatic carbocycles. The molecule has 0 aromatic heterocycles. The van der Waals surface area contributed by atoms with E-state index >= 15 is 0 Å². The first-order valence-corrected chi connectivity index (χ1v) is 9.81. The summed E-state index contributed by atoms with van der Waals surface area (Å²) in [6, 6.07) is 42.9. The SMILES string of the molecule is Oc1ccccc1.Oc1ccccc1.Oc1ccccc1.c1ccc2ccccc2c1. The van der Waals surface area contributed by atoms with Crippen LogP contribution in [0, 0.1) is 0 Å². The van der Waals surface area contributed by atoms with Crippen molar-refractivity contribution in [1.82, 2.24) is 0 Å². The zero-order chi connectivity index (χ0) is 22.2. The summed E-state index contributed by atoms with van der Waals surface area (Å²) in [6.07, 6.45) is 0. The molecular weight excluding hydrogens is 384 g/mol. The molecule has 0 heterocycles. The van der Waals surface area contributed by atoms with E-state index < -0.39 is 0 Å². The van der Waals surface area contributed by atoms with Gasteiger partial charge in [-0.25, -0.2) is 0 Å². The molecule has 0 spiro atoms. The Morgan fingerprint density at radius 2 is 0.452 bits per heavy atom. The zero-order valence-corrected chi connectivity index (χ0v) is 17.1. The Kier molecular flexibility index (Phi) is 10.3. The van der Waals surface area contributed by atoms with E-state index in [2.05, 4.69) is 48.5 Å². The number of rotatable bonds is 0. The van der Waals surface area contributed by atoms with E-state index in [-0.39, 0.29) is 0 Å². The lowest BCUT2D eigenvalue weighted by Crippen LogP contribution is -1.67. The maximum atomic E-state index is 8.63. The molecule has 0 aliphatic heterocycles. The first-order valence-electron chi connectivity index (χ1n) is 9.81. The van der Waals surface area contributed by atoms with Gasteiger partial charge in [0.25, 0.3) is 0 Å². The fourth-order valence-corrected chi connectivity index (χ4v) is 2.42. The number of benzene rings is 5. The molecule has 3 N–H and O–H groups in total. The van der Waals surface area contributed by atoms with Crippen LogP contribution in [0.15, 0.2) is 140 Å². The van der Waals surface area contributed by atoms with Gasteiger partial charge in [0.05, 0.1) is 0 Å². The number of hydrogen-bond acceptors (Lipinski definition) is 3. The molecule has 0 saturated carbocycles. The van der Waals surface area contributed by atoms with Crippen LogP contribution < -0.4 is 0 Å². The number of hydrogen-bond donors (Lipinski definition) is 3. The molecule has 0 unspecified atom stereocenters. The van der Waals surface area contributed by atoms with Gasteiger partial charge in [-0.1, -0.05) is 103 Å². The lowest BCUT2D eigenvalue weighted by molar-refractivity contribution is 0.475. The van der Waals surface area contributed by atoms with E-state index in [4.69, 9.17) is 15.3 Å². The van der Waals surface area contributed by atoms with Crippen LogP contribution in [0.5, 0.6) is 17.2 Å². The van der Waals surface area contributed by atoms with Crippen molar-refractivity contribution in [3.05, 3.63) is 140 Å². The maximum absolute atomic E-state index is 8.63. The molecular formula is C28H26O3. The van der Waals surface area contributed by atoms with E-state index in [0.717, 1.165) is 0 Å². The monoisotopic (exact) mass is 410 g/mol. The highest BCUT2D eigenvalue weighted by atomic mass is 16.3. The second kappa shape index (κ2) is 13.9. The second-order valence-electron chi connectivity index (χ2n) is 6.35. The van der Waals surface area contributed by atoms with Gasteiger partial charge in [0.15, 0.2) is 0 Å². The number of phenols is 3. The molecule has 0 aliphatic rings. The van der Waals surface area contributed by atoms with Crippen molar-refractivity contribution < 1.29 is 15.3 Å². The molecule has 0 radical (unpaired) electrons. The normalized spacial score (nSPS) is 9.03. The van der Waals surface area contributed by atoms with Gasteiger partial charge in [-0.3, -0.25) is 0 Å². The van der Waals surface area contributed by atoms with Crippen LogP contribution in [-0.4, -0.2) is 15.3 Å². The summed E-state index contributed by atoms with van der Waals surface area (Å²) in [7, 11) is 0. The minimum atomic E-state index is 0.322. The Morgan fingerprint density at radius 3 is 0.613 bits per heavy atom. The smallest absolute Gasteiger partial charge is 0.115 e. The van der Waals surface area contributed by atoms with Gasteiger partial charge in [-0.2, -0.15) is 0 Å². The largest absolute Gasteiger partial charge is 0.508 e. The predicted molar refractivity (Wildman–Crippen MR) is 128 cm³/mol. The highest BCUT2D eigenvalue weighted by Crippen LogP contribution is 2.11. The van der Waals surface area contributed by atoms with Crippen LogP contribution >= 0.6 is 0 Å². The summed E-state index contributed by atoms with van der Waals surface area (Å²) in [5.41, 5.74) is 0. The van der Waals surface area contributed by atoms with Crippen LogP contribution in [-0.2, 0) is 0 Å². The lowest BCUT2D eigenvalue weighted by atomic mass is 10.1. The van der Waals surface area contributed by atoms with Gasteiger partial charge >= 0.3 is 0 Å². The zero-order valence-electron chi connectivity index (χ0n) is 17.1. The third kappa shape index (κ3) is 10.2. The third-order valence-electron chi connectivity index (χ3n) is 3.93. The van der Waals surface area contributed by atoms with Gasteiger partial charge in [0.2, 0.25) is 0 Å². The van der Waals surface area contributed by atoms with Crippen molar-refractivity contribution in [2.75, 3.05) is 0 Å². The Labute approximate surface area is 183 Å². The molecule has 5 rings (SSSR count). The summed E-state index contributed by atoms with van der Waals surface area (Å²) in [5.74, 6) is 0.965. The van der Waals surface area contributed by atoms with Crippen molar-refractivity contribution in [2.24, 2.45) is 0 Å². The maximum Gasteiger partial charge on any atom is 0.115 e. The minimum absolute atomic E-state index is 0.322. The molecule has 0 atom stereocenters. The standard InChI is InChI=1S/C10H8.3C6H6O/c1-2-6-10-8-4-3-7-9(10)5-1;3*7-6-4-2-1-3-5-6/h1-8H;3*1-5,7H. The summed E-state index contributed by atoms with van der Waals surface area (Å²) < 4.78 is 0. The Bertz CT molecular complexity index is 941. The highest BCUT2D eigenvalue weighted by Gasteiger charge is 1.85. The molecule has 0 saturated heterocycles. The Hall–Kier alpha value is -4.24. The molecule has 0 fully saturated rings. The van der Waals surface area contributed by atoms with Crippen molar-refractivity contribution in [1.29, 1.82) is 0 Å². The van der Waals surface area contributed by atoms with E-state index in [1.54, 1.807) is 72.8 Å². The molecule has 3 heteroatoms. The summed E-state index contributed by atoms with van der Waals surface area (Å²) >= 11 is 0. The van der Waals surface area contributed by atoms with Gasteiger partial charge in [-0.05, 0) is 47.2 Å². The summed E-state index contributed by atoms with van der Waals surface area (Å²) in [4.78, 5) is 0. The fourth-order valence-electron chi connectivity index (χ4n) is 2.42. The van der Waals surface area contributed by atoms with Gasteiger partial charge < -0.3 is 15.3 Å². The van der Waals surface area contributed by atoms with E-state index in [9.17, 15) is 0 Å². The topological polar surface area (TPSA) is 60.7 Å². The fraction of sp³-hybridized carbons (Fsp3) is 0. The van der Waals surface area contributed by atoms with E-state index in [1.165, 1.54) is 10.8 Å². The van der Waals surface area contributed by atoms with Gasteiger partial charge in [-0.15, -0.1) is 0 Å². The minimum Gasteiger partial charge on any atom is -0.508 e. The van der Waals surface area contributed by atoms with Crippen molar-refractivity contribution in [3.63, 3.8) is 0 Å². The first-order chi connectivity index (χ1) is 15.1. The van der Waals surface area contributed by atoms with Crippen molar-refractivity contribution in [2.45, 2.75) is 0 Å². The van der Waals surface area contributed by atoms with Crippen LogP contribution in [0.4, 0.5) is 0 Å². The predicted octanol–water partition coefficient (Wildman–Crippen LogP) is 7.02. The van der Waals surface area contributed by atoms with Crippen LogP contribution in [0.1, 0.15) is 0 Å². The number of phenolic OH excluding ortho intramolecular Hbond substituents is 3.